The van der Waals surface area contributed by atoms with Gasteiger partial charge in [-0.3, -0.25) is 0 Å². The Hall–Kier alpha value is -3.52. The van der Waals surface area contributed by atoms with E-state index < -0.39 is 0 Å². The maximum Gasteiger partial charge on any atom is 0.337 e. The molecular weight excluding hydrogens is 440 g/mol. The number of tetrazole rings is 1. The van der Waals surface area contributed by atoms with E-state index in [9.17, 15) is 4.79 Å². The summed E-state index contributed by atoms with van der Waals surface area (Å²) in [4.78, 5) is 13.0. The van der Waals surface area contributed by atoms with Crippen LogP contribution in [0.2, 0.25) is 0 Å². The molecule has 0 fully saturated rings. The van der Waals surface area contributed by atoms with Crippen molar-refractivity contribution in [3.63, 3.8) is 0 Å². The standard InChI is InChI=1S/C27H34N6O2/c1-5-7-16-33-23(24(27(34)35-6-2)25(30-33)18(3)4)17-19-12-14-20(15-13-19)21-10-8-9-11-22(21)26-28-31-32-29-26/h8-15,18,25,30H,5-7,16-17H2,1-4H3,(H,28,29,31,32). The van der Waals surface area contributed by atoms with Gasteiger partial charge in [-0.15, -0.1) is 10.2 Å². The number of hydrazine groups is 1. The van der Waals surface area contributed by atoms with E-state index in [1.165, 1.54) is 0 Å². The van der Waals surface area contributed by atoms with Crippen molar-refractivity contribution < 1.29 is 9.53 Å². The van der Waals surface area contributed by atoms with Gasteiger partial charge in [0, 0.05) is 24.2 Å². The summed E-state index contributed by atoms with van der Waals surface area (Å²) in [7, 11) is 0. The molecular formula is C27H34N6O2. The first-order chi connectivity index (χ1) is 17.0. The van der Waals surface area contributed by atoms with E-state index in [0.717, 1.165) is 52.9 Å². The summed E-state index contributed by atoms with van der Waals surface area (Å²) in [5, 5.41) is 16.7. The predicted molar refractivity (Wildman–Crippen MR) is 136 cm³/mol. The van der Waals surface area contributed by atoms with E-state index in [0.29, 0.717) is 18.9 Å². The number of H-pyrrole nitrogens is 1. The fraction of sp³-hybridized carbons (Fsp3) is 0.407. The van der Waals surface area contributed by atoms with Gasteiger partial charge in [-0.05, 0) is 41.2 Å². The van der Waals surface area contributed by atoms with Crippen LogP contribution in [0.5, 0.6) is 0 Å². The molecule has 0 aliphatic carbocycles. The molecule has 35 heavy (non-hydrogen) atoms. The molecule has 2 heterocycles. The van der Waals surface area contributed by atoms with Crippen LogP contribution in [-0.4, -0.2) is 50.8 Å². The molecule has 0 amide bonds. The van der Waals surface area contributed by atoms with Crippen LogP contribution >= 0.6 is 0 Å². The van der Waals surface area contributed by atoms with E-state index in [1.54, 1.807) is 0 Å². The molecule has 2 N–H and O–H groups in total. The SMILES string of the molecule is CCCCN1NC(C(C)C)C(C(=O)OCC)=C1Cc1ccc(-c2ccccc2-c2nn[nH]n2)cc1. The van der Waals surface area contributed by atoms with Gasteiger partial charge in [-0.1, -0.05) is 75.7 Å². The first kappa shape index (κ1) is 24.6. The molecule has 0 saturated heterocycles. The Labute approximate surface area is 206 Å². The Morgan fingerprint density at radius 2 is 1.83 bits per heavy atom. The Bertz CT molecular complexity index is 1150. The number of benzene rings is 2. The van der Waals surface area contributed by atoms with Crippen molar-refractivity contribution in [2.24, 2.45) is 5.92 Å². The number of allylic oxidation sites excluding steroid dienone is 1. The number of nitrogens with zero attached hydrogens (tertiary/aromatic N) is 4. The lowest BCUT2D eigenvalue weighted by atomic mass is 9.93. The van der Waals surface area contributed by atoms with E-state index in [-0.39, 0.29) is 17.9 Å². The second kappa shape index (κ2) is 11.3. The average molecular weight is 475 g/mol. The van der Waals surface area contributed by atoms with Crippen LogP contribution in [0.3, 0.4) is 0 Å². The fourth-order valence-electron chi connectivity index (χ4n) is 4.48. The maximum atomic E-state index is 13.0. The van der Waals surface area contributed by atoms with Crippen LogP contribution in [0.25, 0.3) is 22.5 Å². The second-order valence-corrected chi connectivity index (χ2v) is 9.09. The number of esters is 1. The Morgan fingerprint density at radius 1 is 1.09 bits per heavy atom. The summed E-state index contributed by atoms with van der Waals surface area (Å²) in [5.74, 6) is 0.607. The highest BCUT2D eigenvalue weighted by atomic mass is 16.5. The maximum absolute atomic E-state index is 13.0. The van der Waals surface area contributed by atoms with Crippen molar-refractivity contribution in [3.05, 3.63) is 65.4 Å². The molecule has 1 unspecified atom stereocenters. The van der Waals surface area contributed by atoms with Crippen LogP contribution in [0.1, 0.15) is 46.1 Å². The number of unbranched alkanes of at least 4 members (excludes halogenated alkanes) is 1. The molecule has 1 aromatic heterocycles. The Morgan fingerprint density at radius 3 is 2.46 bits per heavy atom. The minimum atomic E-state index is -0.224. The van der Waals surface area contributed by atoms with Crippen LogP contribution in [0, 0.1) is 5.92 Å². The third-order valence-corrected chi connectivity index (χ3v) is 6.29. The monoisotopic (exact) mass is 474 g/mol. The summed E-state index contributed by atoms with van der Waals surface area (Å²) in [6, 6.07) is 16.4. The quantitative estimate of drug-likeness (QED) is 0.417. The van der Waals surface area contributed by atoms with Crippen molar-refractivity contribution in [2.75, 3.05) is 13.2 Å². The largest absolute Gasteiger partial charge is 0.463 e. The molecule has 0 saturated carbocycles. The Balaban J connectivity index is 1.65. The van der Waals surface area contributed by atoms with Crippen molar-refractivity contribution >= 4 is 5.97 Å². The first-order valence-electron chi connectivity index (χ1n) is 12.4. The topological polar surface area (TPSA) is 96.0 Å². The smallest absolute Gasteiger partial charge is 0.337 e. The fourth-order valence-corrected chi connectivity index (χ4v) is 4.48. The van der Waals surface area contributed by atoms with Crippen LogP contribution < -0.4 is 5.43 Å². The number of rotatable bonds is 10. The number of ether oxygens (including phenoxy) is 1. The molecule has 4 rings (SSSR count). The molecule has 2 aromatic carbocycles. The summed E-state index contributed by atoms with van der Waals surface area (Å²) < 4.78 is 5.47. The molecule has 8 heteroatoms. The van der Waals surface area contributed by atoms with Gasteiger partial charge in [-0.25, -0.2) is 10.2 Å². The minimum absolute atomic E-state index is 0.0537. The number of aromatic nitrogens is 4. The minimum Gasteiger partial charge on any atom is -0.463 e. The van der Waals surface area contributed by atoms with Gasteiger partial charge < -0.3 is 9.75 Å². The number of nitrogens with one attached hydrogen (secondary N) is 2. The molecule has 0 bridgehead atoms. The molecule has 3 aromatic rings. The van der Waals surface area contributed by atoms with Crippen LogP contribution in [0.15, 0.2) is 59.8 Å². The van der Waals surface area contributed by atoms with E-state index in [1.807, 2.05) is 25.1 Å². The third-order valence-electron chi connectivity index (χ3n) is 6.29. The van der Waals surface area contributed by atoms with Crippen molar-refractivity contribution in [2.45, 2.75) is 53.0 Å². The van der Waals surface area contributed by atoms with Gasteiger partial charge in [0.05, 0.1) is 18.2 Å². The number of carbonyl (C=O) groups excluding carboxylic acids is 1. The number of hydrogen-bond acceptors (Lipinski definition) is 7. The van der Waals surface area contributed by atoms with Crippen molar-refractivity contribution in [3.8, 4) is 22.5 Å². The lowest BCUT2D eigenvalue weighted by Crippen LogP contribution is -2.41. The van der Waals surface area contributed by atoms with Gasteiger partial charge in [-0.2, -0.15) is 5.21 Å². The van der Waals surface area contributed by atoms with Gasteiger partial charge >= 0.3 is 5.97 Å². The number of carbonyl (C=O) groups is 1. The summed E-state index contributed by atoms with van der Waals surface area (Å²) >= 11 is 0. The van der Waals surface area contributed by atoms with E-state index in [4.69, 9.17) is 4.74 Å². The zero-order valence-electron chi connectivity index (χ0n) is 20.9. The average Bonchev–Trinajstić information content (AvgIpc) is 3.52. The van der Waals surface area contributed by atoms with Crippen molar-refractivity contribution in [1.29, 1.82) is 0 Å². The van der Waals surface area contributed by atoms with E-state index >= 15 is 0 Å². The molecule has 184 valence electrons. The van der Waals surface area contributed by atoms with Gasteiger partial charge in [0.2, 0.25) is 5.82 Å². The summed E-state index contributed by atoms with van der Waals surface area (Å²) in [6.07, 6.45) is 2.78. The lowest BCUT2D eigenvalue weighted by Gasteiger charge is -2.25. The first-order valence-corrected chi connectivity index (χ1v) is 12.4. The highest BCUT2D eigenvalue weighted by molar-refractivity contribution is 5.91. The van der Waals surface area contributed by atoms with E-state index in [2.05, 4.69) is 82.2 Å². The molecule has 8 nitrogen and oxygen atoms in total. The molecule has 0 radical (unpaired) electrons. The summed E-state index contributed by atoms with van der Waals surface area (Å²) in [5.41, 5.74) is 9.51. The van der Waals surface area contributed by atoms with Crippen LogP contribution in [0.4, 0.5) is 0 Å². The Kier molecular flexibility index (Phi) is 7.92. The molecule has 1 aliphatic heterocycles. The predicted octanol–water partition coefficient (Wildman–Crippen LogP) is 4.54. The highest BCUT2D eigenvalue weighted by Crippen LogP contribution is 2.32. The normalized spacial score (nSPS) is 15.8. The van der Waals surface area contributed by atoms with Crippen LogP contribution in [-0.2, 0) is 16.0 Å². The summed E-state index contributed by atoms with van der Waals surface area (Å²) in [6.45, 7) is 9.52. The zero-order chi connectivity index (χ0) is 24.8. The molecule has 1 atom stereocenters. The number of hydrogen-bond donors (Lipinski definition) is 2. The molecule has 0 spiro atoms. The highest BCUT2D eigenvalue weighted by Gasteiger charge is 2.37. The van der Waals surface area contributed by atoms with Gasteiger partial charge in [0.1, 0.15) is 0 Å². The molecule has 1 aliphatic rings. The van der Waals surface area contributed by atoms with Gasteiger partial charge in [0.15, 0.2) is 0 Å². The second-order valence-electron chi connectivity index (χ2n) is 9.09. The zero-order valence-corrected chi connectivity index (χ0v) is 20.9. The van der Waals surface area contributed by atoms with Crippen molar-refractivity contribution in [1.82, 2.24) is 31.1 Å². The third kappa shape index (κ3) is 5.43. The lowest BCUT2D eigenvalue weighted by molar-refractivity contribution is -0.139. The van der Waals surface area contributed by atoms with Gasteiger partial charge in [0.25, 0.3) is 0 Å². The number of aromatic amines is 1.